The average molecular weight is 939 g/mol. The van der Waals surface area contributed by atoms with Crippen molar-refractivity contribution in [3.8, 4) is 0 Å². The summed E-state index contributed by atoms with van der Waals surface area (Å²) in [4.78, 5) is 101. The van der Waals surface area contributed by atoms with Crippen molar-refractivity contribution < 1.29 is 43.0 Å². The van der Waals surface area contributed by atoms with Gasteiger partial charge in [0.15, 0.2) is 11.6 Å². The van der Waals surface area contributed by atoms with E-state index < -0.39 is 42.2 Å². The fourth-order valence-corrected chi connectivity index (χ4v) is 9.48. The fraction of sp³-hybridized carbons (Fsp3) is 0.740. The number of carbonyl (C=O) groups is 7. The van der Waals surface area contributed by atoms with Gasteiger partial charge < -0.3 is 29.9 Å². The van der Waals surface area contributed by atoms with Crippen molar-refractivity contribution in [1.82, 2.24) is 25.3 Å². The highest BCUT2D eigenvalue weighted by Gasteiger charge is 2.43. The van der Waals surface area contributed by atoms with Gasteiger partial charge in [-0.25, -0.2) is 0 Å². The Morgan fingerprint density at radius 2 is 1.52 bits per heavy atom. The molecule has 0 saturated carbocycles. The zero-order valence-corrected chi connectivity index (χ0v) is 42.7. The van der Waals surface area contributed by atoms with Gasteiger partial charge in [-0.2, -0.15) is 0 Å². The molecule has 1 fully saturated rings. The van der Waals surface area contributed by atoms with Crippen LogP contribution >= 0.6 is 0 Å². The van der Waals surface area contributed by atoms with E-state index in [0.29, 0.717) is 32.2 Å². The molecule has 1 aliphatic heterocycles. The van der Waals surface area contributed by atoms with Gasteiger partial charge in [-0.3, -0.25) is 38.5 Å². The molecule has 1 aromatic rings. The summed E-state index contributed by atoms with van der Waals surface area (Å²) in [7, 11) is 8.60. The van der Waals surface area contributed by atoms with E-state index in [1.54, 1.807) is 49.9 Å². The maximum Gasteiger partial charge on any atom is 0.226 e. The van der Waals surface area contributed by atoms with E-state index in [0.717, 1.165) is 17.5 Å². The second-order valence-corrected chi connectivity index (χ2v) is 19.3. The Balaban J connectivity index is 2.19. The first kappa shape index (κ1) is 58.4. The molecule has 0 aliphatic carbocycles. The van der Waals surface area contributed by atoms with Crippen molar-refractivity contribution in [2.24, 2.45) is 34.7 Å². The molecule has 2 N–H and O–H groups in total. The minimum absolute atomic E-state index is 0.00197. The Bertz CT molecular complexity index is 1820. The summed E-state index contributed by atoms with van der Waals surface area (Å²) in [6.45, 7) is 15.8. The standard InChI is InChI=1S/C50H82N8O9/c1-14-33(7)47(57(11)50(65)40(31(3)4)27-42(61)46(32(5)6)56(9)10)43(66-12)28-45(63)58-24-16-17-41(58)48(67-13)34(8)49(64)54-37(29-53-55-51)25-35-18-20-36(21-19-35)26-39(60)30-52-44(62)23-22-38(59)15-2/h18-21,31-34,37,40-41,43,46-48H,14-17,22-30H2,1-13H3,(H,52,62)(H,54,64)/t33-,34+,37-,40-,41-,43+,46-,47-,48+/m0/s1. The van der Waals surface area contributed by atoms with Gasteiger partial charge in [0.25, 0.3) is 0 Å². The molecule has 17 nitrogen and oxygen atoms in total. The van der Waals surface area contributed by atoms with Crippen molar-refractivity contribution in [3.63, 3.8) is 0 Å². The number of ketones is 3. The summed E-state index contributed by atoms with van der Waals surface area (Å²) in [6.07, 6.45) is 1.84. The number of carbonyl (C=O) groups excluding carboxylic acids is 7. The normalized spacial score (nSPS) is 17.4. The second-order valence-electron chi connectivity index (χ2n) is 19.3. The summed E-state index contributed by atoms with van der Waals surface area (Å²) in [5.74, 6) is -2.47. The highest BCUT2D eigenvalue weighted by Crippen LogP contribution is 2.31. The number of ether oxygens (including phenoxy) is 2. The predicted octanol–water partition coefficient (Wildman–Crippen LogP) is 5.75. The molecule has 0 spiro atoms. The van der Waals surface area contributed by atoms with Gasteiger partial charge in [-0.15, -0.1) is 0 Å². The van der Waals surface area contributed by atoms with Crippen LogP contribution in [0.5, 0.6) is 0 Å². The van der Waals surface area contributed by atoms with Crippen LogP contribution in [0.15, 0.2) is 29.4 Å². The summed E-state index contributed by atoms with van der Waals surface area (Å²) >= 11 is 0. The number of nitrogens with one attached hydrogen (secondary N) is 2. The van der Waals surface area contributed by atoms with Gasteiger partial charge in [0, 0.05) is 83.3 Å². The Morgan fingerprint density at radius 3 is 2.06 bits per heavy atom. The molecule has 376 valence electrons. The van der Waals surface area contributed by atoms with Crippen LogP contribution in [-0.4, -0.2) is 147 Å². The molecule has 0 radical (unpaired) electrons. The van der Waals surface area contributed by atoms with Crippen LogP contribution in [0.2, 0.25) is 0 Å². The number of nitrogens with zero attached hydrogens (tertiary/aromatic N) is 6. The number of hydrogen-bond acceptors (Lipinski definition) is 11. The van der Waals surface area contributed by atoms with Crippen molar-refractivity contribution in [1.29, 1.82) is 0 Å². The lowest BCUT2D eigenvalue weighted by Crippen LogP contribution is -2.54. The molecular formula is C50H82N8O9. The summed E-state index contributed by atoms with van der Waals surface area (Å²) in [5, 5.41) is 9.36. The predicted molar refractivity (Wildman–Crippen MR) is 259 cm³/mol. The summed E-state index contributed by atoms with van der Waals surface area (Å²) in [6, 6.07) is 5.52. The lowest BCUT2D eigenvalue weighted by atomic mass is 9.83. The number of likely N-dealkylation sites (N-methyl/N-ethyl adjacent to an activating group) is 2. The summed E-state index contributed by atoms with van der Waals surface area (Å²) in [5.41, 5.74) is 10.7. The third-order valence-electron chi connectivity index (χ3n) is 13.4. The SMILES string of the molecule is CCC(=O)CCC(=O)NCC(=O)Cc1ccc(C[C@@H](CN=[N+]=[N-])NC(=O)[C@H](C)[C@@H](OC)[C@@H]2CCCN2C(=O)C[C@@H](OC)[C@H]([C@@H](C)CC)N(C)C(=O)[C@@H](CC(=O)[C@H](C(C)C)N(C)C)C(C)C)cc1. The Kier molecular flexibility index (Phi) is 25.5. The zero-order chi connectivity index (χ0) is 50.5. The molecule has 4 amide bonds. The van der Waals surface area contributed by atoms with Crippen LogP contribution in [0.3, 0.4) is 0 Å². The van der Waals surface area contributed by atoms with Crippen molar-refractivity contribution in [2.45, 2.75) is 156 Å². The third kappa shape index (κ3) is 18.0. The minimum atomic E-state index is -0.703. The Hall–Kier alpha value is -4.70. The molecule has 2 rings (SSSR count). The van der Waals surface area contributed by atoms with Crippen molar-refractivity contribution in [2.75, 3.05) is 55.0 Å². The highest BCUT2D eigenvalue weighted by atomic mass is 16.5. The van der Waals surface area contributed by atoms with E-state index in [4.69, 9.17) is 15.0 Å². The Labute approximate surface area is 399 Å². The lowest BCUT2D eigenvalue weighted by molar-refractivity contribution is -0.149. The zero-order valence-electron chi connectivity index (χ0n) is 42.7. The molecule has 1 aliphatic rings. The number of likely N-dealkylation sites (tertiary alicyclic amines) is 1. The fourth-order valence-electron chi connectivity index (χ4n) is 9.48. The lowest BCUT2D eigenvalue weighted by Gasteiger charge is -2.41. The van der Waals surface area contributed by atoms with Crippen LogP contribution in [0.25, 0.3) is 10.4 Å². The largest absolute Gasteiger partial charge is 0.379 e. The number of Topliss-reactive ketones (excluding diaryl/α,β-unsaturated/α-hetero) is 3. The second kappa shape index (κ2) is 29.2. The monoisotopic (exact) mass is 939 g/mol. The maximum absolute atomic E-state index is 14.4. The number of benzene rings is 1. The molecule has 0 unspecified atom stereocenters. The smallest absolute Gasteiger partial charge is 0.226 e. The van der Waals surface area contributed by atoms with Crippen molar-refractivity contribution in [3.05, 3.63) is 45.8 Å². The highest BCUT2D eigenvalue weighted by molar-refractivity contribution is 5.91. The van der Waals surface area contributed by atoms with E-state index in [-0.39, 0.29) is 110 Å². The number of rotatable bonds is 31. The molecule has 1 heterocycles. The van der Waals surface area contributed by atoms with Gasteiger partial charge in [0.1, 0.15) is 5.78 Å². The molecular weight excluding hydrogens is 857 g/mol. The van der Waals surface area contributed by atoms with Gasteiger partial charge in [-0.1, -0.05) is 91.2 Å². The van der Waals surface area contributed by atoms with E-state index in [1.807, 2.05) is 72.7 Å². The number of methoxy groups -OCH3 is 2. The average Bonchev–Trinajstić information content (AvgIpc) is 3.77. The first-order valence-corrected chi connectivity index (χ1v) is 24.2. The molecule has 0 bridgehead atoms. The van der Waals surface area contributed by atoms with Crippen LogP contribution in [0.1, 0.15) is 118 Å². The number of hydrogen-bond donors (Lipinski definition) is 2. The minimum Gasteiger partial charge on any atom is -0.379 e. The van der Waals surface area contributed by atoms with Gasteiger partial charge in [0.2, 0.25) is 23.6 Å². The topological polar surface area (TPSA) is 220 Å². The van der Waals surface area contributed by atoms with Gasteiger partial charge >= 0.3 is 0 Å². The van der Waals surface area contributed by atoms with Gasteiger partial charge in [0.05, 0.1) is 49.2 Å². The van der Waals surface area contributed by atoms with Crippen LogP contribution in [0.4, 0.5) is 0 Å². The van der Waals surface area contributed by atoms with E-state index >= 15 is 0 Å². The molecule has 17 heteroatoms. The number of azide groups is 1. The quantitative estimate of drug-likeness (QED) is 0.0522. The first-order chi connectivity index (χ1) is 31.6. The van der Waals surface area contributed by atoms with Crippen LogP contribution < -0.4 is 10.6 Å². The molecule has 67 heavy (non-hydrogen) atoms. The maximum atomic E-state index is 14.4. The van der Waals surface area contributed by atoms with Crippen LogP contribution in [0, 0.1) is 29.6 Å². The molecule has 9 atom stereocenters. The van der Waals surface area contributed by atoms with Crippen molar-refractivity contribution >= 4 is 41.0 Å². The van der Waals surface area contributed by atoms with Crippen LogP contribution in [-0.2, 0) is 55.9 Å². The molecule has 0 aromatic heterocycles. The molecule has 1 saturated heterocycles. The molecule has 1 aromatic carbocycles. The van der Waals surface area contributed by atoms with E-state index in [9.17, 15) is 33.6 Å². The van der Waals surface area contributed by atoms with E-state index in [1.165, 1.54) is 7.11 Å². The van der Waals surface area contributed by atoms with E-state index in [2.05, 4.69) is 20.7 Å². The van der Waals surface area contributed by atoms with Gasteiger partial charge in [-0.05, 0) is 67.8 Å². The first-order valence-electron chi connectivity index (χ1n) is 24.2. The Morgan fingerprint density at radius 1 is 0.881 bits per heavy atom. The summed E-state index contributed by atoms with van der Waals surface area (Å²) < 4.78 is 12.1. The third-order valence-corrected chi connectivity index (χ3v) is 13.4. The number of amides is 4.